The molecule has 0 aromatic heterocycles. The molecule has 0 saturated carbocycles. The van der Waals surface area contributed by atoms with Gasteiger partial charge in [0.2, 0.25) is 0 Å². The van der Waals surface area contributed by atoms with Crippen LogP contribution in [0.25, 0.3) is 0 Å². The van der Waals surface area contributed by atoms with Crippen LogP contribution in [0.1, 0.15) is 25.0 Å². The number of nitrogen functional groups attached to an aromatic ring is 1. The average Bonchev–Trinajstić information content (AvgIpc) is 2.25. The molecule has 1 aliphatic carbocycles. The van der Waals surface area contributed by atoms with Crippen LogP contribution in [0.5, 0.6) is 0 Å². The van der Waals surface area contributed by atoms with Crippen LogP contribution in [-0.2, 0) is 12.8 Å². The Bertz CT molecular complexity index is 318. The molecular formula is C11H16ClN. The third kappa shape index (κ3) is 1.80. The molecule has 72 valence electrons. The van der Waals surface area contributed by atoms with E-state index in [4.69, 9.17) is 5.73 Å². The smallest absolute Gasteiger partial charge is 0.0349 e. The first-order chi connectivity index (χ1) is 5.58. The lowest BCUT2D eigenvalue weighted by atomic mass is 9.90. The minimum absolute atomic E-state index is 0. The van der Waals surface area contributed by atoms with E-state index in [1.807, 2.05) is 6.07 Å². The van der Waals surface area contributed by atoms with E-state index in [0.717, 1.165) is 12.1 Å². The molecule has 0 heterocycles. The van der Waals surface area contributed by atoms with Gasteiger partial charge in [0.05, 0.1) is 0 Å². The van der Waals surface area contributed by atoms with Gasteiger partial charge in [0, 0.05) is 5.69 Å². The van der Waals surface area contributed by atoms with Crippen LogP contribution in [0.15, 0.2) is 18.2 Å². The normalized spacial score (nSPS) is 17.7. The Labute approximate surface area is 85.7 Å². The highest BCUT2D eigenvalue weighted by Crippen LogP contribution is 2.38. The third-order valence-electron chi connectivity index (χ3n) is 2.63. The first kappa shape index (κ1) is 10.4. The number of halogens is 1. The first-order valence-electron chi connectivity index (χ1n) is 4.45. The van der Waals surface area contributed by atoms with Crippen molar-refractivity contribution >= 4 is 18.1 Å². The zero-order valence-corrected chi connectivity index (χ0v) is 8.95. The molecule has 1 nitrogen and oxygen atoms in total. The molecule has 2 N–H and O–H groups in total. The highest BCUT2D eigenvalue weighted by molar-refractivity contribution is 5.85. The van der Waals surface area contributed by atoms with Crippen LogP contribution in [-0.4, -0.2) is 0 Å². The van der Waals surface area contributed by atoms with Crippen LogP contribution in [0, 0.1) is 5.41 Å². The summed E-state index contributed by atoms with van der Waals surface area (Å²) in [7, 11) is 0. The minimum Gasteiger partial charge on any atom is -0.398 e. The summed E-state index contributed by atoms with van der Waals surface area (Å²) in [6.07, 6.45) is 2.31. The molecule has 0 spiro atoms. The monoisotopic (exact) mass is 197 g/mol. The fraction of sp³-hybridized carbons (Fsp3) is 0.455. The number of hydrogen-bond acceptors (Lipinski definition) is 1. The van der Waals surface area contributed by atoms with Gasteiger partial charge in [-0.2, -0.15) is 0 Å². The summed E-state index contributed by atoms with van der Waals surface area (Å²) in [5.74, 6) is 0. The number of fused-ring (bicyclic) bond motifs is 1. The summed E-state index contributed by atoms with van der Waals surface area (Å²) in [6, 6.07) is 6.25. The van der Waals surface area contributed by atoms with E-state index in [1.165, 1.54) is 17.5 Å². The standard InChI is InChI=1S/C11H15N.ClH/c1-11(2)6-8-4-3-5-10(12)9(8)7-11;/h3-5H,6-7,12H2,1-2H3;1H. The maximum atomic E-state index is 5.89. The molecule has 1 aromatic carbocycles. The molecule has 13 heavy (non-hydrogen) atoms. The van der Waals surface area contributed by atoms with Crippen LogP contribution < -0.4 is 5.73 Å². The number of benzene rings is 1. The van der Waals surface area contributed by atoms with Crippen molar-refractivity contribution in [2.45, 2.75) is 26.7 Å². The second-order valence-corrected chi connectivity index (χ2v) is 4.50. The largest absolute Gasteiger partial charge is 0.398 e. The van der Waals surface area contributed by atoms with Gasteiger partial charge < -0.3 is 5.73 Å². The fourth-order valence-corrected chi connectivity index (χ4v) is 2.09. The highest BCUT2D eigenvalue weighted by atomic mass is 35.5. The molecule has 2 rings (SSSR count). The molecule has 0 radical (unpaired) electrons. The Balaban J connectivity index is 0.000000845. The zero-order valence-electron chi connectivity index (χ0n) is 8.13. The predicted octanol–water partition coefficient (Wildman–Crippen LogP) is 2.82. The van der Waals surface area contributed by atoms with Gasteiger partial charge in [-0.25, -0.2) is 0 Å². The predicted molar refractivity (Wildman–Crippen MR) is 59.3 cm³/mol. The Morgan fingerprint density at radius 2 is 1.92 bits per heavy atom. The van der Waals surface area contributed by atoms with E-state index in [9.17, 15) is 0 Å². The summed E-state index contributed by atoms with van der Waals surface area (Å²) in [6.45, 7) is 4.60. The number of nitrogens with two attached hydrogens (primary N) is 1. The molecule has 1 aliphatic rings. The molecule has 0 amide bonds. The summed E-state index contributed by atoms with van der Waals surface area (Å²) in [5, 5.41) is 0. The average molecular weight is 198 g/mol. The number of rotatable bonds is 0. The Kier molecular flexibility index (Phi) is 2.58. The van der Waals surface area contributed by atoms with Gasteiger partial charge >= 0.3 is 0 Å². The van der Waals surface area contributed by atoms with Crippen molar-refractivity contribution in [2.75, 3.05) is 5.73 Å². The zero-order chi connectivity index (χ0) is 8.77. The van der Waals surface area contributed by atoms with Crippen molar-refractivity contribution in [2.24, 2.45) is 5.41 Å². The number of hydrogen-bond donors (Lipinski definition) is 1. The Morgan fingerprint density at radius 1 is 1.23 bits per heavy atom. The lowest BCUT2D eigenvalue weighted by Crippen LogP contribution is -2.09. The van der Waals surface area contributed by atoms with Crippen molar-refractivity contribution in [1.29, 1.82) is 0 Å². The van der Waals surface area contributed by atoms with E-state index >= 15 is 0 Å². The molecule has 2 heteroatoms. The summed E-state index contributed by atoms with van der Waals surface area (Å²) >= 11 is 0. The van der Waals surface area contributed by atoms with Crippen LogP contribution in [0.2, 0.25) is 0 Å². The van der Waals surface area contributed by atoms with E-state index < -0.39 is 0 Å². The lowest BCUT2D eigenvalue weighted by molar-refractivity contribution is 0.393. The SMILES string of the molecule is CC1(C)Cc2cccc(N)c2C1.Cl. The van der Waals surface area contributed by atoms with Crippen molar-refractivity contribution in [1.82, 2.24) is 0 Å². The fourth-order valence-electron chi connectivity index (χ4n) is 2.09. The summed E-state index contributed by atoms with van der Waals surface area (Å²) in [5.41, 5.74) is 10.1. The molecule has 0 unspecified atom stereocenters. The van der Waals surface area contributed by atoms with Crippen LogP contribution >= 0.6 is 12.4 Å². The number of anilines is 1. The topological polar surface area (TPSA) is 26.0 Å². The molecule has 0 bridgehead atoms. The minimum atomic E-state index is 0. The van der Waals surface area contributed by atoms with Gasteiger partial charge in [0.1, 0.15) is 0 Å². The van der Waals surface area contributed by atoms with E-state index in [0.29, 0.717) is 5.41 Å². The third-order valence-corrected chi connectivity index (χ3v) is 2.63. The molecular weight excluding hydrogens is 182 g/mol. The van der Waals surface area contributed by atoms with Crippen molar-refractivity contribution < 1.29 is 0 Å². The summed E-state index contributed by atoms with van der Waals surface area (Å²) in [4.78, 5) is 0. The first-order valence-corrected chi connectivity index (χ1v) is 4.45. The molecule has 0 atom stereocenters. The quantitative estimate of drug-likeness (QED) is 0.636. The van der Waals surface area contributed by atoms with E-state index in [-0.39, 0.29) is 12.4 Å². The van der Waals surface area contributed by atoms with Gasteiger partial charge in [-0.1, -0.05) is 26.0 Å². The van der Waals surface area contributed by atoms with Crippen molar-refractivity contribution in [3.63, 3.8) is 0 Å². The highest BCUT2D eigenvalue weighted by Gasteiger charge is 2.29. The second-order valence-electron chi connectivity index (χ2n) is 4.50. The van der Waals surface area contributed by atoms with Gasteiger partial charge in [-0.15, -0.1) is 12.4 Å². The molecule has 0 saturated heterocycles. The van der Waals surface area contributed by atoms with Crippen molar-refractivity contribution in [3.8, 4) is 0 Å². The van der Waals surface area contributed by atoms with Gasteiger partial charge in [0.25, 0.3) is 0 Å². The second kappa shape index (κ2) is 3.22. The van der Waals surface area contributed by atoms with Crippen molar-refractivity contribution in [3.05, 3.63) is 29.3 Å². The molecule has 0 fully saturated rings. The maximum absolute atomic E-state index is 5.89. The van der Waals surface area contributed by atoms with Gasteiger partial charge in [-0.05, 0) is 35.4 Å². The van der Waals surface area contributed by atoms with Gasteiger partial charge in [-0.3, -0.25) is 0 Å². The van der Waals surface area contributed by atoms with Crippen LogP contribution in [0.3, 0.4) is 0 Å². The van der Waals surface area contributed by atoms with Crippen LogP contribution in [0.4, 0.5) is 5.69 Å². The Hall–Kier alpha value is -0.690. The Morgan fingerprint density at radius 3 is 2.54 bits per heavy atom. The molecule has 0 aliphatic heterocycles. The van der Waals surface area contributed by atoms with Gasteiger partial charge in [0.15, 0.2) is 0 Å². The lowest BCUT2D eigenvalue weighted by Gasteiger charge is -2.14. The summed E-state index contributed by atoms with van der Waals surface area (Å²) < 4.78 is 0. The molecule has 1 aromatic rings. The van der Waals surface area contributed by atoms with E-state index in [2.05, 4.69) is 26.0 Å². The maximum Gasteiger partial charge on any atom is 0.0349 e. The van der Waals surface area contributed by atoms with E-state index in [1.54, 1.807) is 0 Å².